The van der Waals surface area contributed by atoms with Crippen molar-refractivity contribution in [2.45, 2.75) is 19.0 Å². The van der Waals surface area contributed by atoms with Gasteiger partial charge in [-0.3, -0.25) is 14.5 Å². The molecule has 106 valence electrons. The fourth-order valence-corrected chi connectivity index (χ4v) is 2.51. The molecular formula is C17H16N2O2. The number of rotatable bonds is 4. The lowest BCUT2D eigenvalue weighted by Crippen LogP contribution is -2.37. The van der Waals surface area contributed by atoms with Crippen molar-refractivity contribution in [2.75, 3.05) is 5.32 Å². The van der Waals surface area contributed by atoms with Crippen molar-refractivity contribution in [3.05, 3.63) is 66.2 Å². The highest BCUT2D eigenvalue weighted by molar-refractivity contribution is 6.02. The molecule has 0 saturated carbocycles. The molecule has 1 N–H and O–H groups in total. The minimum atomic E-state index is -0.462. The van der Waals surface area contributed by atoms with Gasteiger partial charge < -0.3 is 5.32 Å². The number of para-hydroxylation sites is 1. The van der Waals surface area contributed by atoms with E-state index in [0.717, 1.165) is 11.3 Å². The number of imide groups is 1. The molecule has 2 aromatic rings. The zero-order valence-corrected chi connectivity index (χ0v) is 11.5. The van der Waals surface area contributed by atoms with E-state index < -0.39 is 6.17 Å². The van der Waals surface area contributed by atoms with Gasteiger partial charge in [-0.15, -0.1) is 0 Å². The molecule has 0 bridgehead atoms. The molecule has 1 aliphatic heterocycles. The predicted octanol–water partition coefficient (Wildman–Crippen LogP) is 2.95. The molecule has 0 spiro atoms. The van der Waals surface area contributed by atoms with E-state index in [1.165, 1.54) is 4.90 Å². The van der Waals surface area contributed by atoms with Gasteiger partial charge >= 0.3 is 0 Å². The zero-order valence-electron chi connectivity index (χ0n) is 11.5. The molecular weight excluding hydrogens is 264 g/mol. The number of likely N-dealkylation sites (tertiary alicyclic amines) is 1. The largest absolute Gasteiger partial charge is 0.361 e. The number of anilines is 1. The van der Waals surface area contributed by atoms with Crippen LogP contribution in [0, 0.1) is 0 Å². The van der Waals surface area contributed by atoms with Crippen molar-refractivity contribution in [1.29, 1.82) is 0 Å². The maximum absolute atomic E-state index is 12.1. The molecule has 2 aromatic carbocycles. The number of hydrogen-bond donors (Lipinski definition) is 1. The van der Waals surface area contributed by atoms with Gasteiger partial charge in [0.2, 0.25) is 11.8 Å². The van der Waals surface area contributed by atoms with Gasteiger partial charge in [-0.05, 0) is 17.7 Å². The maximum Gasteiger partial charge on any atom is 0.231 e. The summed E-state index contributed by atoms with van der Waals surface area (Å²) in [5.41, 5.74) is 1.77. The van der Waals surface area contributed by atoms with Crippen LogP contribution in [0.15, 0.2) is 60.7 Å². The minimum absolute atomic E-state index is 0.128. The van der Waals surface area contributed by atoms with Gasteiger partial charge in [0, 0.05) is 18.5 Å². The first-order valence-electron chi connectivity index (χ1n) is 6.97. The van der Waals surface area contributed by atoms with E-state index in [-0.39, 0.29) is 11.8 Å². The summed E-state index contributed by atoms with van der Waals surface area (Å²) in [5.74, 6) is -0.255. The Morgan fingerprint density at radius 3 is 1.90 bits per heavy atom. The van der Waals surface area contributed by atoms with E-state index in [9.17, 15) is 9.59 Å². The summed E-state index contributed by atoms with van der Waals surface area (Å²) in [6, 6.07) is 19.1. The second-order valence-electron chi connectivity index (χ2n) is 4.98. The highest BCUT2D eigenvalue weighted by Crippen LogP contribution is 2.28. The summed E-state index contributed by atoms with van der Waals surface area (Å²) in [6.07, 6.45) is 0.119. The number of nitrogens with one attached hydrogen (secondary N) is 1. The average molecular weight is 280 g/mol. The van der Waals surface area contributed by atoms with Crippen molar-refractivity contribution in [2.24, 2.45) is 0 Å². The third-order valence-electron chi connectivity index (χ3n) is 3.54. The first-order valence-corrected chi connectivity index (χ1v) is 6.97. The molecule has 0 radical (unpaired) electrons. The molecule has 2 amide bonds. The third kappa shape index (κ3) is 2.79. The van der Waals surface area contributed by atoms with E-state index in [1.54, 1.807) is 0 Å². The fraction of sp³-hybridized carbons (Fsp3) is 0.176. The number of carbonyl (C=O) groups is 2. The van der Waals surface area contributed by atoms with Crippen molar-refractivity contribution in [1.82, 2.24) is 4.90 Å². The number of carbonyl (C=O) groups excluding carboxylic acids is 2. The average Bonchev–Trinajstić information content (AvgIpc) is 2.86. The molecule has 4 nitrogen and oxygen atoms in total. The molecule has 0 unspecified atom stereocenters. The Labute approximate surface area is 123 Å². The second-order valence-corrected chi connectivity index (χ2v) is 4.98. The summed E-state index contributed by atoms with van der Waals surface area (Å²) in [6.45, 7) is 0. The van der Waals surface area contributed by atoms with Crippen LogP contribution in [0.1, 0.15) is 24.6 Å². The van der Waals surface area contributed by atoms with Gasteiger partial charge in [-0.25, -0.2) is 0 Å². The molecule has 1 atom stereocenters. The summed E-state index contributed by atoms with van der Waals surface area (Å²) >= 11 is 0. The summed E-state index contributed by atoms with van der Waals surface area (Å²) in [7, 11) is 0. The zero-order chi connectivity index (χ0) is 14.7. The van der Waals surface area contributed by atoms with Gasteiger partial charge in [-0.1, -0.05) is 48.5 Å². The molecule has 0 aromatic heterocycles. The first kappa shape index (κ1) is 13.4. The number of hydrogen-bond acceptors (Lipinski definition) is 3. The van der Waals surface area contributed by atoms with Gasteiger partial charge in [0.05, 0.1) is 0 Å². The molecule has 1 heterocycles. The van der Waals surface area contributed by atoms with Gasteiger partial charge in [0.15, 0.2) is 0 Å². The Bertz CT molecular complexity index is 624. The standard InChI is InChI=1S/C17H16N2O2/c20-15-11-12-16(21)19(15)17(13-7-3-1-4-8-13)18-14-9-5-2-6-10-14/h1-10,17-18H,11-12H2/t17-/m1/s1. The maximum atomic E-state index is 12.1. The first-order chi connectivity index (χ1) is 10.3. The lowest BCUT2D eigenvalue weighted by Gasteiger charge is -2.28. The van der Waals surface area contributed by atoms with Crippen LogP contribution in [0.3, 0.4) is 0 Å². The lowest BCUT2D eigenvalue weighted by molar-refractivity contribution is -0.140. The van der Waals surface area contributed by atoms with E-state index in [4.69, 9.17) is 0 Å². The van der Waals surface area contributed by atoms with Gasteiger partial charge in [0.1, 0.15) is 6.17 Å². The van der Waals surface area contributed by atoms with Crippen LogP contribution in [0.4, 0.5) is 5.69 Å². The Morgan fingerprint density at radius 1 is 0.810 bits per heavy atom. The summed E-state index contributed by atoms with van der Waals surface area (Å²) < 4.78 is 0. The molecule has 1 saturated heterocycles. The van der Waals surface area contributed by atoms with Crippen molar-refractivity contribution >= 4 is 17.5 Å². The minimum Gasteiger partial charge on any atom is -0.361 e. The van der Waals surface area contributed by atoms with E-state index >= 15 is 0 Å². The monoisotopic (exact) mass is 280 g/mol. The second kappa shape index (κ2) is 5.79. The van der Waals surface area contributed by atoms with Crippen LogP contribution in [0.25, 0.3) is 0 Å². The van der Waals surface area contributed by atoms with E-state index in [2.05, 4.69) is 5.32 Å². The van der Waals surface area contributed by atoms with Crippen LogP contribution in [0.5, 0.6) is 0 Å². The quantitative estimate of drug-likeness (QED) is 0.876. The van der Waals surface area contributed by atoms with Crippen molar-refractivity contribution < 1.29 is 9.59 Å². The van der Waals surface area contributed by atoms with Crippen LogP contribution in [-0.2, 0) is 9.59 Å². The van der Waals surface area contributed by atoms with Gasteiger partial charge in [0.25, 0.3) is 0 Å². The Morgan fingerprint density at radius 2 is 1.33 bits per heavy atom. The highest BCUT2D eigenvalue weighted by Gasteiger charge is 2.35. The van der Waals surface area contributed by atoms with Crippen molar-refractivity contribution in [3.8, 4) is 0 Å². The molecule has 0 aliphatic carbocycles. The van der Waals surface area contributed by atoms with Crippen LogP contribution >= 0.6 is 0 Å². The van der Waals surface area contributed by atoms with Crippen LogP contribution in [0.2, 0.25) is 0 Å². The molecule has 3 rings (SSSR count). The Balaban J connectivity index is 1.95. The number of benzene rings is 2. The lowest BCUT2D eigenvalue weighted by atomic mass is 10.1. The van der Waals surface area contributed by atoms with Crippen LogP contribution in [-0.4, -0.2) is 16.7 Å². The van der Waals surface area contributed by atoms with Crippen molar-refractivity contribution in [3.63, 3.8) is 0 Å². The molecule has 1 aliphatic rings. The molecule has 21 heavy (non-hydrogen) atoms. The highest BCUT2D eigenvalue weighted by atomic mass is 16.2. The Kier molecular flexibility index (Phi) is 3.69. The smallest absolute Gasteiger partial charge is 0.231 e. The number of nitrogens with zero attached hydrogens (tertiary/aromatic N) is 1. The van der Waals surface area contributed by atoms with Gasteiger partial charge in [-0.2, -0.15) is 0 Å². The summed E-state index contributed by atoms with van der Waals surface area (Å²) in [5, 5.41) is 3.28. The Hall–Kier alpha value is -2.62. The number of amides is 2. The molecule has 1 fully saturated rings. The topological polar surface area (TPSA) is 49.4 Å². The molecule has 4 heteroatoms. The summed E-state index contributed by atoms with van der Waals surface area (Å²) in [4.78, 5) is 25.4. The predicted molar refractivity (Wildman–Crippen MR) is 80.3 cm³/mol. The van der Waals surface area contributed by atoms with E-state index in [0.29, 0.717) is 12.8 Å². The van der Waals surface area contributed by atoms with E-state index in [1.807, 2.05) is 60.7 Å². The fourth-order valence-electron chi connectivity index (χ4n) is 2.51. The normalized spacial score (nSPS) is 16.1. The third-order valence-corrected chi connectivity index (χ3v) is 3.54. The van der Waals surface area contributed by atoms with Crippen LogP contribution < -0.4 is 5.32 Å². The SMILES string of the molecule is O=C1CCC(=O)N1[C@@H](Nc1ccccc1)c1ccccc1.